The molecule has 0 saturated carbocycles. The van der Waals surface area contributed by atoms with Crippen molar-refractivity contribution in [2.75, 3.05) is 0 Å². The predicted molar refractivity (Wildman–Crippen MR) is 61.7 cm³/mol. The van der Waals surface area contributed by atoms with Gasteiger partial charge in [0.1, 0.15) is 5.69 Å². The van der Waals surface area contributed by atoms with Gasteiger partial charge in [0.05, 0.1) is 22.6 Å². The van der Waals surface area contributed by atoms with E-state index in [1.165, 1.54) is 6.07 Å². The summed E-state index contributed by atoms with van der Waals surface area (Å²) in [7, 11) is 0. The fraction of sp³-hybridized carbons (Fsp3) is 0.167. The fourth-order valence-corrected chi connectivity index (χ4v) is 1.58. The summed E-state index contributed by atoms with van der Waals surface area (Å²) in [5, 5.41) is 8.91. The van der Waals surface area contributed by atoms with Crippen LogP contribution < -0.4 is 0 Å². The second-order valence-corrected chi connectivity index (χ2v) is 3.62. The third kappa shape index (κ3) is 2.13. The molecule has 0 spiro atoms. The molecule has 17 heavy (non-hydrogen) atoms. The van der Waals surface area contributed by atoms with E-state index in [-0.39, 0.29) is 5.56 Å². The summed E-state index contributed by atoms with van der Waals surface area (Å²) < 4.78 is 0. The number of hydrogen-bond acceptors (Lipinski definition) is 4. The van der Waals surface area contributed by atoms with Crippen LogP contribution in [-0.4, -0.2) is 26.0 Å². The SMILES string of the molecule is Cc1nc(-c2nccnc2C)ccc1C(=O)O. The molecule has 0 unspecified atom stereocenters. The molecule has 0 aromatic carbocycles. The Morgan fingerprint density at radius 1 is 1.12 bits per heavy atom. The Morgan fingerprint density at radius 3 is 2.41 bits per heavy atom. The lowest BCUT2D eigenvalue weighted by Gasteiger charge is -2.05. The molecule has 0 radical (unpaired) electrons. The van der Waals surface area contributed by atoms with Crippen LogP contribution in [0.1, 0.15) is 21.7 Å². The van der Waals surface area contributed by atoms with Crippen molar-refractivity contribution in [3.8, 4) is 11.4 Å². The van der Waals surface area contributed by atoms with E-state index in [1.807, 2.05) is 6.92 Å². The molecule has 0 aliphatic heterocycles. The monoisotopic (exact) mass is 229 g/mol. The zero-order valence-corrected chi connectivity index (χ0v) is 9.51. The van der Waals surface area contributed by atoms with Gasteiger partial charge in [0.2, 0.25) is 0 Å². The number of pyridine rings is 1. The molecule has 0 bridgehead atoms. The highest BCUT2D eigenvalue weighted by Crippen LogP contribution is 2.18. The van der Waals surface area contributed by atoms with Crippen LogP contribution in [0.5, 0.6) is 0 Å². The van der Waals surface area contributed by atoms with E-state index >= 15 is 0 Å². The quantitative estimate of drug-likeness (QED) is 0.850. The highest BCUT2D eigenvalue weighted by Gasteiger charge is 2.11. The van der Waals surface area contributed by atoms with Gasteiger partial charge in [-0.2, -0.15) is 0 Å². The summed E-state index contributed by atoms with van der Waals surface area (Å²) in [6.07, 6.45) is 3.20. The Balaban J connectivity index is 2.52. The van der Waals surface area contributed by atoms with Crippen molar-refractivity contribution in [3.63, 3.8) is 0 Å². The zero-order chi connectivity index (χ0) is 12.4. The van der Waals surface area contributed by atoms with Crippen LogP contribution in [-0.2, 0) is 0 Å². The molecule has 1 N–H and O–H groups in total. The summed E-state index contributed by atoms with van der Waals surface area (Å²) in [6, 6.07) is 3.18. The van der Waals surface area contributed by atoms with E-state index in [2.05, 4.69) is 15.0 Å². The number of rotatable bonds is 2. The fourth-order valence-electron chi connectivity index (χ4n) is 1.58. The van der Waals surface area contributed by atoms with Gasteiger partial charge in [-0.25, -0.2) is 4.79 Å². The summed E-state index contributed by atoms with van der Waals surface area (Å²) >= 11 is 0. The number of carboxylic acids is 1. The lowest BCUT2D eigenvalue weighted by molar-refractivity contribution is 0.0695. The first-order valence-corrected chi connectivity index (χ1v) is 5.08. The van der Waals surface area contributed by atoms with Crippen LogP contribution in [0, 0.1) is 13.8 Å². The maximum Gasteiger partial charge on any atom is 0.337 e. The minimum atomic E-state index is -0.975. The second kappa shape index (κ2) is 4.29. The minimum Gasteiger partial charge on any atom is -0.478 e. The average Bonchev–Trinajstić information content (AvgIpc) is 2.29. The number of aromatic nitrogens is 3. The molecule has 2 rings (SSSR count). The summed E-state index contributed by atoms with van der Waals surface area (Å²) in [6.45, 7) is 3.50. The van der Waals surface area contributed by atoms with Crippen molar-refractivity contribution in [3.05, 3.63) is 41.5 Å². The average molecular weight is 229 g/mol. The van der Waals surface area contributed by atoms with Crippen LogP contribution in [0.4, 0.5) is 0 Å². The van der Waals surface area contributed by atoms with Crippen LogP contribution in [0.15, 0.2) is 24.5 Å². The summed E-state index contributed by atoms with van der Waals surface area (Å²) in [4.78, 5) is 23.4. The van der Waals surface area contributed by atoms with Gasteiger partial charge in [-0.05, 0) is 26.0 Å². The smallest absolute Gasteiger partial charge is 0.337 e. The Morgan fingerprint density at radius 2 is 1.82 bits per heavy atom. The number of aryl methyl sites for hydroxylation is 2. The van der Waals surface area contributed by atoms with Crippen LogP contribution in [0.3, 0.4) is 0 Å². The predicted octanol–water partition coefficient (Wildman–Crippen LogP) is 1.85. The van der Waals surface area contributed by atoms with Crippen molar-refractivity contribution < 1.29 is 9.90 Å². The number of carboxylic acid groups (broad SMARTS) is 1. The third-order valence-electron chi connectivity index (χ3n) is 2.44. The minimum absolute atomic E-state index is 0.204. The lowest BCUT2D eigenvalue weighted by Crippen LogP contribution is -2.03. The standard InChI is InChI=1S/C12H11N3O2/c1-7-9(12(16)17)3-4-10(15-7)11-8(2)13-5-6-14-11/h3-6H,1-2H3,(H,16,17). The molecule has 0 aliphatic carbocycles. The first-order valence-electron chi connectivity index (χ1n) is 5.08. The van der Waals surface area contributed by atoms with Gasteiger partial charge in [-0.3, -0.25) is 15.0 Å². The number of aromatic carboxylic acids is 1. The molecular formula is C12H11N3O2. The number of hydrogen-bond donors (Lipinski definition) is 1. The van der Waals surface area contributed by atoms with Crippen LogP contribution in [0.25, 0.3) is 11.4 Å². The topological polar surface area (TPSA) is 76.0 Å². The van der Waals surface area contributed by atoms with Gasteiger partial charge in [0, 0.05) is 12.4 Å². The largest absolute Gasteiger partial charge is 0.478 e. The molecule has 2 aromatic heterocycles. The maximum absolute atomic E-state index is 10.9. The normalized spacial score (nSPS) is 10.2. The molecule has 0 aliphatic rings. The molecule has 2 aromatic rings. The van der Waals surface area contributed by atoms with Crippen LogP contribution in [0.2, 0.25) is 0 Å². The molecule has 0 fully saturated rings. The van der Waals surface area contributed by atoms with Gasteiger partial charge >= 0.3 is 5.97 Å². The second-order valence-electron chi connectivity index (χ2n) is 3.62. The first-order chi connectivity index (χ1) is 8.09. The molecule has 5 nitrogen and oxygen atoms in total. The first kappa shape index (κ1) is 11.2. The third-order valence-corrected chi connectivity index (χ3v) is 2.44. The van der Waals surface area contributed by atoms with Crippen molar-refractivity contribution in [2.24, 2.45) is 0 Å². The van der Waals surface area contributed by atoms with E-state index < -0.39 is 5.97 Å². The van der Waals surface area contributed by atoms with Crippen molar-refractivity contribution in [2.45, 2.75) is 13.8 Å². The molecule has 0 saturated heterocycles. The van der Waals surface area contributed by atoms with Crippen molar-refractivity contribution in [1.29, 1.82) is 0 Å². The zero-order valence-electron chi connectivity index (χ0n) is 9.51. The van der Waals surface area contributed by atoms with E-state index in [9.17, 15) is 4.79 Å². The number of nitrogens with zero attached hydrogens (tertiary/aromatic N) is 3. The van der Waals surface area contributed by atoms with E-state index in [0.29, 0.717) is 17.1 Å². The molecule has 5 heteroatoms. The van der Waals surface area contributed by atoms with Gasteiger partial charge in [0.25, 0.3) is 0 Å². The van der Waals surface area contributed by atoms with Gasteiger partial charge in [-0.1, -0.05) is 0 Å². The van der Waals surface area contributed by atoms with E-state index in [0.717, 1.165) is 5.69 Å². The Hall–Kier alpha value is -2.30. The van der Waals surface area contributed by atoms with Gasteiger partial charge in [-0.15, -0.1) is 0 Å². The summed E-state index contributed by atoms with van der Waals surface area (Å²) in [5.74, 6) is -0.975. The molecule has 86 valence electrons. The highest BCUT2D eigenvalue weighted by atomic mass is 16.4. The van der Waals surface area contributed by atoms with Crippen LogP contribution >= 0.6 is 0 Å². The Kier molecular flexibility index (Phi) is 2.82. The Labute approximate surface area is 98.2 Å². The van der Waals surface area contributed by atoms with E-state index in [4.69, 9.17) is 5.11 Å². The molecule has 0 atom stereocenters. The van der Waals surface area contributed by atoms with E-state index in [1.54, 1.807) is 25.4 Å². The highest BCUT2D eigenvalue weighted by molar-refractivity contribution is 5.89. The van der Waals surface area contributed by atoms with Gasteiger partial charge < -0.3 is 5.11 Å². The molecular weight excluding hydrogens is 218 g/mol. The summed E-state index contributed by atoms with van der Waals surface area (Å²) in [5.41, 5.74) is 2.75. The maximum atomic E-state index is 10.9. The Bertz CT molecular complexity index is 582. The van der Waals surface area contributed by atoms with Gasteiger partial charge in [0.15, 0.2) is 0 Å². The molecule has 0 amide bonds. The number of carbonyl (C=O) groups is 1. The van der Waals surface area contributed by atoms with Crippen molar-refractivity contribution >= 4 is 5.97 Å². The molecule has 2 heterocycles. The lowest BCUT2D eigenvalue weighted by atomic mass is 10.1. The van der Waals surface area contributed by atoms with Crippen molar-refractivity contribution in [1.82, 2.24) is 15.0 Å².